The molecule has 2 rings (SSSR count). The second-order valence-electron chi connectivity index (χ2n) is 6.15. The van der Waals surface area contributed by atoms with Crippen LogP contribution in [0.5, 0.6) is 0 Å². The molecular weight excluding hydrogens is 240 g/mol. The third kappa shape index (κ3) is 4.23. The van der Waals surface area contributed by atoms with Crippen LogP contribution in [0.4, 0.5) is 4.79 Å². The van der Waals surface area contributed by atoms with Crippen LogP contribution in [-0.2, 0) is 11.2 Å². The zero-order valence-corrected chi connectivity index (χ0v) is 11.9. The van der Waals surface area contributed by atoms with Gasteiger partial charge in [0.2, 0.25) is 0 Å². The first-order chi connectivity index (χ1) is 8.94. The molecule has 0 unspecified atom stereocenters. The van der Waals surface area contributed by atoms with Crippen LogP contribution in [0, 0.1) is 5.92 Å². The lowest BCUT2D eigenvalue weighted by Gasteiger charge is -2.24. The van der Waals surface area contributed by atoms with E-state index in [1.165, 1.54) is 5.56 Å². The van der Waals surface area contributed by atoms with Crippen molar-refractivity contribution in [3.8, 4) is 0 Å². The Hall–Kier alpha value is -1.58. The van der Waals surface area contributed by atoms with Crippen molar-refractivity contribution < 1.29 is 9.53 Å². The fourth-order valence-electron chi connectivity index (χ4n) is 2.34. The van der Waals surface area contributed by atoms with Gasteiger partial charge in [0.25, 0.3) is 0 Å². The molecule has 0 saturated carbocycles. The van der Waals surface area contributed by atoms with Crippen molar-refractivity contribution in [2.45, 2.75) is 39.2 Å². The van der Waals surface area contributed by atoms with Gasteiger partial charge in [0, 0.05) is 25.5 Å². The molecule has 4 heteroatoms. The van der Waals surface area contributed by atoms with Crippen molar-refractivity contribution in [2.24, 2.45) is 5.92 Å². The number of pyridine rings is 1. The Morgan fingerprint density at radius 2 is 2.32 bits per heavy atom. The number of hydrogen-bond donors (Lipinski definition) is 0. The number of ether oxygens (including phenoxy) is 1. The molecular formula is C15H22N2O2. The van der Waals surface area contributed by atoms with Crippen molar-refractivity contribution in [1.82, 2.24) is 9.88 Å². The van der Waals surface area contributed by atoms with E-state index < -0.39 is 5.60 Å². The molecule has 1 saturated heterocycles. The van der Waals surface area contributed by atoms with Gasteiger partial charge >= 0.3 is 6.09 Å². The lowest BCUT2D eigenvalue weighted by molar-refractivity contribution is 0.0288. The maximum atomic E-state index is 12.0. The van der Waals surface area contributed by atoms with Gasteiger partial charge in [-0.3, -0.25) is 4.98 Å². The van der Waals surface area contributed by atoms with Gasteiger partial charge in [-0.1, -0.05) is 6.07 Å². The Labute approximate surface area is 114 Å². The molecule has 1 fully saturated rings. The third-order valence-corrected chi connectivity index (χ3v) is 3.18. The minimum Gasteiger partial charge on any atom is -0.444 e. The van der Waals surface area contributed by atoms with E-state index in [0.29, 0.717) is 5.92 Å². The summed E-state index contributed by atoms with van der Waals surface area (Å²) in [5.41, 5.74) is 0.817. The van der Waals surface area contributed by atoms with E-state index in [9.17, 15) is 4.79 Å². The molecule has 1 amide bonds. The van der Waals surface area contributed by atoms with Gasteiger partial charge in [-0.25, -0.2) is 4.79 Å². The summed E-state index contributed by atoms with van der Waals surface area (Å²) in [7, 11) is 0. The van der Waals surface area contributed by atoms with Crippen LogP contribution in [0.15, 0.2) is 24.5 Å². The van der Waals surface area contributed by atoms with Gasteiger partial charge < -0.3 is 9.64 Å². The first kappa shape index (κ1) is 13.8. The Morgan fingerprint density at radius 1 is 1.53 bits per heavy atom. The predicted octanol–water partition coefficient (Wildman–Crippen LogP) is 2.88. The zero-order valence-electron chi connectivity index (χ0n) is 11.9. The number of amides is 1. The van der Waals surface area contributed by atoms with Gasteiger partial charge in [-0.2, -0.15) is 0 Å². The quantitative estimate of drug-likeness (QED) is 0.823. The number of nitrogens with zero attached hydrogens (tertiary/aromatic N) is 2. The predicted molar refractivity (Wildman–Crippen MR) is 73.9 cm³/mol. The smallest absolute Gasteiger partial charge is 0.410 e. The first-order valence-electron chi connectivity index (χ1n) is 6.81. The van der Waals surface area contributed by atoms with E-state index in [-0.39, 0.29) is 6.09 Å². The largest absolute Gasteiger partial charge is 0.444 e. The van der Waals surface area contributed by atoms with E-state index in [2.05, 4.69) is 11.1 Å². The minimum absolute atomic E-state index is 0.193. The molecule has 1 aliphatic heterocycles. The van der Waals surface area contributed by atoms with Crippen molar-refractivity contribution >= 4 is 6.09 Å². The molecule has 0 bridgehead atoms. The topological polar surface area (TPSA) is 42.4 Å². The molecule has 0 N–H and O–H groups in total. The maximum absolute atomic E-state index is 12.0. The highest BCUT2D eigenvalue weighted by molar-refractivity contribution is 5.68. The summed E-state index contributed by atoms with van der Waals surface area (Å²) in [5.74, 6) is 0.511. The number of rotatable bonds is 2. The number of hydrogen-bond acceptors (Lipinski definition) is 3. The second kappa shape index (κ2) is 5.59. The van der Waals surface area contributed by atoms with Crippen LogP contribution in [0.25, 0.3) is 0 Å². The summed E-state index contributed by atoms with van der Waals surface area (Å²) in [5, 5.41) is 0. The summed E-state index contributed by atoms with van der Waals surface area (Å²) < 4.78 is 5.39. The molecule has 0 aliphatic carbocycles. The number of carbonyl (C=O) groups is 1. The van der Waals surface area contributed by atoms with Crippen LogP contribution in [0.3, 0.4) is 0 Å². The fourth-order valence-corrected chi connectivity index (χ4v) is 2.34. The van der Waals surface area contributed by atoms with Gasteiger partial charge in [0.15, 0.2) is 0 Å². The maximum Gasteiger partial charge on any atom is 0.410 e. The molecule has 0 radical (unpaired) electrons. The highest BCUT2D eigenvalue weighted by Gasteiger charge is 2.29. The minimum atomic E-state index is -0.418. The SMILES string of the molecule is CC(C)(C)OC(=O)N1CC[C@@H](Cc2cccnc2)C1. The van der Waals surface area contributed by atoms with E-state index in [0.717, 1.165) is 25.9 Å². The molecule has 4 nitrogen and oxygen atoms in total. The van der Waals surface area contributed by atoms with Crippen LogP contribution >= 0.6 is 0 Å². The van der Waals surface area contributed by atoms with Crippen LogP contribution in [0.2, 0.25) is 0 Å². The fraction of sp³-hybridized carbons (Fsp3) is 0.600. The summed E-state index contributed by atoms with van der Waals surface area (Å²) >= 11 is 0. The van der Waals surface area contributed by atoms with Crippen LogP contribution in [-0.4, -0.2) is 34.7 Å². The molecule has 19 heavy (non-hydrogen) atoms. The molecule has 1 aromatic heterocycles. The molecule has 0 spiro atoms. The van der Waals surface area contributed by atoms with Gasteiger partial charge in [-0.15, -0.1) is 0 Å². The zero-order chi connectivity index (χ0) is 13.9. The summed E-state index contributed by atoms with van der Waals surface area (Å²) in [4.78, 5) is 17.9. The standard InChI is InChI=1S/C15H22N2O2/c1-15(2,3)19-14(18)17-8-6-13(11-17)9-12-5-4-7-16-10-12/h4-5,7,10,13H,6,8-9,11H2,1-3H3/t13-/m0/s1. The van der Waals surface area contributed by atoms with E-state index >= 15 is 0 Å². The van der Waals surface area contributed by atoms with Crippen molar-refractivity contribution in [3.63, 3.8) is 0 Å². The molecule has 1 aromatic rings. The van der Waals surface area contributed by atoms with E-state index in [1.807, 2.05) is 37.9 Å². The molecule has 0 aromatic carbocycles. The number of carbonyl (C=O) groups excluding carboxylic acids is 1. The molecule has 2 heterocycles. The Kier molecular flexibility index (Phi) is 4.08. The second-order valence-corrected chi connectivity index (χ2v) is 6.15. The first-order valence-corrected chi connectivity index (χ1v) is 6.81. The van der Waals surface area contributed by atoms with E-state index in [1.54, 1.807) is 6.20 Å². The highest BCUT2D eigenvalue weighted by atomic mass is 16.6. The van der Waals surface area contributed by atoms with Crippen molar-refractivity contribution in [3.05, 3.63) is 30.1 Å². The van der Waals surface area contributed by atoms with Gasteiger partial charge in [0.05, 0.1) is 0 Å². The third-order valence-electron chi connectivity index (χ3n) is 3.18. The van der Waals surface area contributed by atoms with Crippen molar-refractivity contribution in [1.29, 1.82) is 0 Å². The average Bonchev–Trinajstić information content (AvgIpc) is 2.77. The Balaban J connectivity index is 1.85. The van der Waals surface area contributed by atoms with Crippen LogP contribution < -0.4 is 0 Å². The monoisotopic (exact) mass is 262 g/mol. The molecule has 1 atom stereocenters. The highest BCUT2D eigenvalue weighted by Crippen LogP contribution is 2.22. The summed E-state index contributed by atoms with van der Waals surface area (Å²) in [6.45, 7) is 7.26. The molecule has 104 valence electrons. The molecule has 1 aliphatic rings. The van der Waals surface area contributed by atoms with Gasteiger partial charge in [-0.05, 0) is 51.2 Å². The Morgan fingerprint density at radius 3 is 2.95 bits per heavy atom. The summed E-state index contributed by atoms with van der Waals surface area (Å²) in [6, 6.07) is 4.04. The lowest BCUT2D eigenvalue weighted by atomic mass is 10.0. The van der Waals surface area contributed by atoms with Crippen LogP contribution in [0.1, 0.15) is 32.8 Å². The number of aromatic nitrogens is 1. The lowest BCUT2D eigenvalue weighted by Crippen LogP contribution is -2.35. The average molecular weight is 262 g/mol. The van der Waals surface area contributed by atoms with Gasteiger partial charge in [0.1, 0.15) is 5.60 Å². The number of likely N-dealkylation sites (tertiary alicyclic amines) is 1. The van der Waals surface area contributed by atoms with Crippen molar-refractivity contribution in [2.75, 3.05) is 13.1 Å². The Bertz CT molecular complexity index is 426. The normalized spacial score (nSPS) is 19.5. The van der Waals surface area contributed by atoms with E-state index in [4.69, 9.17) is 4.74 Å². The summed E-state index contributed by atoms with van der Waals surface area (Å²) in [6.07, 6.45) is 5.50.